The van der Waals surface area contributed by atoms with Crippen LogP contribution in [-0.2, 0) is 65.4 Å². The lowest BCUT2D eigenvalue weighted by molar-refractivity contribution is -0.161. The normalized spacial score (nSPS) is 15.3. The van der Waals surface area contributed by atoms with Gasteiger partial charge in [0.15, 0.2) is 12.2 Å². The third-order valence-corrected chi connectivity index (χ3v) is 18.6. The van der Waals surface area contributed by atoms with Crippen LogP contribution in [0.3, 0.4) is 0 Å². The van der Waals surface area contributed by atoms with E-state index in [9.17, 15) is 43.2 Å². The first-order valence-corrected chi connectivity index (χ1v) is 38.3. The van der Waals surface area contributed by atoms with Crippen molar-refractivity contribution in [2.45, 2.75) is 350 Å². The molecule has 17 nitrogen and oxygen atoms in total. The molecule has 516 valence electrons. The number of rotatable bonds is 65. The highest BCUT2D eigenvalue weighted by Crippen LogP contribution is 2.45. The summed E-state index contributed by atoms with van der Waals surface area (Å²) >= 11 is 0. The maximum Gasteiger partial charge on any atom is 0.472 e. The number of carbonyl (C=O) groups excluding carboxylic acids is 4. The summed E-state index contributed by atoms with van der Waals surface area (Å²) < 4.78 is 68.2. The number of esters is 4. The molecule has 0 saturated heterocycles. The van der Waals surface area contributed by atoms with E-state index in [2.05, 4.69) is 55.4 Å². The van der Waals surface area contributed by atoms with Gasteiger partial charge in [0.25, 0.3) is 0 Å². The molecule has 19 heteroatoms. The number of ether oxygens (including phenoxy) is 4. The number of hydrogen-bond donors (Lipinski definition) is 3. The Morgan fingerprint density at radius 3 is 0.816 bits per heavy atom. The smallest absolute Gasteiger partial charge is 0.462 e. The van der Waals surface area contributed by atoms with Crippen LogP contribution in [0.2, 0.25) is 0 Å². The van der Waals surface area contributed by atoms with Crippen molar-refractivity contribution in [2.24, 2.45) is 23.7 Å². The SMILES string of the molecule is CCC(C)CCCCCCCCCCCCC(=O)O[C@H](COC(=O)CCCCCCCCC(C)CC)COP(=O)(O)OC[C@H](O)COP(=O)(O)OC[C@@H](COC(=O)CCCCCCCCCCCCC(C)C)OC(=O)CCCCCCCCC(C)CC. The zero-order valence-corrected chi connectivity index (χ0v) is 58.4. The Hall–Kier alpha value is -1.94. The van der Waals surface area contributed by atoms with Gasteiger partial charge in [0.1, 0.15) is 19.3 Å². The summed E-state index contributed by atoms with van der Waals surface area (Å²) in [5.74, 6) is 0.877. The summed E-state index contributed by atoms with van der Waals surface area (Å²) in [6.07, 6.45) is 38.9. The fourth-order valence-corrected chi connectivity index (χ4v) is 11.6. The Morgan fingerprint density at radius 2 is 0.552 bits per heavy atom. The van der Waals surface area contributed by atoms with Crippen LogP contribution in [0.5, 0.6) is 0 Å². The van der Waals surface area contributed by atoms with Crippen molar-refractivity contribution >= 4 is 39.5 Å². The number of phosphoric ester groups is 2. The van der Waals surface area contributed by atoms with Crippen molar-refractivity contribution in [1.29, 1.82) is 0 Å². The second kappa shape index (κ2) is 57.9. The maximum absolute atomic E-state index is 13.0. The average molecular weight is 1280 g/mol. The quantitative estimate of drug-likeness (QED) is 0.0222. The van der Waals surface area contributed by atoms with Crippen LogP contribution in [0, 0.1) is 23.7 Å². The molecular weight excluding hydrogens is 1150 g/mol. The van der Waals surface area contributed by atoms with Crippen molar-refractivity contribution in [3.05, 3.63) is 0 Å². The van der Waals surface area contributed by atoms with Gasteiger partial charge in [-0.15, -0.1) is 0 Å². The highest BCUT2D eigenvalue weighted by Gasteiger charge is 2.30. The monoisotopic (exact) mass is 1280 g/mol. The molecule has 0 aliphatic carbocycles. The molecule has 0 aliphatic rings. The van der Waals surface area contributed by atoms with Crippen LogP contribution in [0.25, 0.3) is 0 Å². The largest absolute Gasteiger partial charge is 0.472 e. The van der Waals surface area contributed by atoms with Gasteiger partial charge in [-0.2, -0.15) is 0 Å². The Kier molecular flexibility index (Phi) is 56.6. The van der Waals surface area contributed by atoms with Crippen LogP contribution in [0.4, 0.5) is 0 Å². The number of aliphatic hydroxyl groups is 1. The first kappa shape index (κ1) is 85.1. The Bertz CT molecular complexity index is 1740. The summed E-state index contributed by atoms with van der Waals surface area (Å²) in [6, 6.07) is 0. The van der Waals surface area contributed by atoms with Crippen molar-refractivity contribution < 1.29 is 80.2 Å². The minimum atomic E-state index is -4.95. The fraction of sp³-hybridized carbons (Fsp3) is 0.941. The van der Waals surface area contributed by atoms with E-state index in [1.807, 2.05) is 0 Å². The third kappa shape index (κ3) is 58.9. The second-order valence-electron chi connectivity index (χ2n) is 25.8. The lowest BCUT2D eigenvalue weighted by atomic mass is 9.99. The van der Waals surface area contributed by atoms with E-state index in [0.29, 0.717) is 25.7 Å². The van der Waals surface area contributed by atoms with E-state index in [1.165, 1.54) is 128 Å². The zero-order chi connectivity index (χ0) is 64.7. The van der Waals surface area contributed by atoms with Crippen LogP contribution in [-0.4, -0.2) is 96.7 Å². The molecule has 0 radical (unpaired) electrons. The highest BCUT2D eigenvalue weighted by molar-refractivity contribution is 7.47. The fourth-order valence-electron chi connectivity index (χ4n) is 10.0. The van der Waals surface area contributed by atoms with Crippen LogP contribution in [0.15, 0.2) is 0 Å². The third-order valence-electron chi connectivity index (χ3n) is 16.7. The molecule has 0 rings (SSSR count). The zero-order valence-electron chi connectivity index (χ0n) is 56.6. The van der Waals surface area contributed by atoms with E-state index in [1.54, 1.807) is 0 Å². The van der Waals surface area contributed by atoms with E-state index in [-0.39, 0.29) is 25.7 Å². The molecule has 0 saturated carbocycles. The number of aliphatic hydroxyl groups excluding tert-OH is 1. The molecule has 5 unspecified atom stereocenters. The standard InChI is InChI=1S/C68H132O17P2/c1-9-59(6)45-37-29-21-17-13-15-19-23-34-42-50-67(72)84-63(55-79-66(71)49-41-33-26-24-30-38-46-60(7)10-2)56-82-86(74,75)80-52-62(69)53-81-87(76,77)83-57-64(85-68(73)51-43-35-27-25-31-39-47-61(8)11-3)54-78-65(70)48-40-32-22-18-14-12-16-20-28-36-44-58(4)5/h58-64,69H,9-57H2,1-8H3,(H,74,75)(H,76,77)/t59?,60?,61?,62-,63+,64+/m0/s1. The minimum Gasteiger partial charge on any atom is -0.462 e. The molecule has 0 aromatic heterocycles. The number of unbranched alkanes of at least 4 members (excludes halogenated alkanes) is 28. The van der Waals surface area contributed by atoms with Gasteiger partial charge in [0, 0.05) is 25.7 Å². The number of hydrogen-bond acceptors (Lipinski definition) is 15. The van der Waals surface area contributed by atoms with E-state index >= 15 is 0 Å². The molecule has 0 aromatic carbocycles. The van der Waals surface area contributed by atoms with Gasteiger partial charge in [0.2, 0.25) is 0 Å². The summed E-state index contributed by atoms with van der Waals surface area (Å²) in [4.78, 5) is 72.4. The van der Waals surface area contributed by atoms with E-state index in [0.717, 1.165) is 120 Å². The van der Waals surface area contributed by atoms with E-state index in [4.69, 9.17) is 37.0 Å². The van der Waals surface area contributed by atoms with E-state index < -0.39 is 97.5 Å². The molecule has 0 aliphatic heterocycles. The predicted molar refractivity (Wildman–Crippen MR) is 349 cm³/mol. The lowest BCUT2D eigenvalue weighted by Gasteiger charge is -2.21. The minimum absolute atomic E-state index is 0.102. The summed E-state index contributed by atoms with van der Waals surface area (Å²) in [5, 5.41) is 10.6. The summed E-state index contributed by atoms with van der Waals surface area (Å²) in [6.45, 7) is 14.1. The molecule has 0 heterocycles. The molecule has 0 aromatic rings. The highest BCUT2D eigenvalue weighted by atomic mass is 31.2. The predicted octanol–water partition coefficient (Wildman–Crippen LogP) is 18.9. The topological polar surface area (TPSA) is 237 Å². The van der Waals surface area contributed by atoms with Gasteiger partial charge in [-0.1, -0.05) is 280 Å². The molecule has 0 spiro atoms. The maximum atomic E-state index is 13.0. The summed E-state index contributed by atoms with van der Waals surface area (Å²) in [7, 11) is -9.90. The Morgan fingerprint density at radius 1 is 0.322 bits per heavy atom. The van der Waals surface area contributed by atoms with Crippen molar-refractivity contribution in [3.63, 3.8) is 0 Å². The van der Waals surface area contributed by atoms with Gasteiger partial charge in [-0.05, 0) is 49.4 Å². The van der Waals surface area contributed by atoms with Crippen molar-refractivity contribution in [1.82, 2.24) is 0 Å². The first-order valence-electron chi connectivity index (χ1n) is 35.3. The number of phosphoric acid groups is 2. The average Bonchev–Trinajstić information content (AvgIpc) is 3.64. The summed E-state index contributed by atoms with van der Waals surface area (Å²) in [5.41, 5.74) is 0. The first-order chi connectivity index (χ1) is 41.7. The molecular formula is C68H132O17P2. The lowest BCUT2D eigenvalue weighted by Crippen LogP contribution is -2.30. The molecule has 87 heavy (non-hydrogen) atoms. The van der Waals surface area contributed by atoms with Crippen molar-refractivity contribution in [3.8, 4) is 0 Å². The van der Waals surface area contributed by atoms with Gasteiger partial charge in [0.05, 0.1) is 26.4 Å². The second-order valence-corrected chi connectivity index (χ2v) is 28.7. The van der Waals surface area contributed by atoms with Gasteiger partial charge in [-0.25, -0.2) is 9.13 Å². The molecule has 8 atom stereocenters. The van der Waals surface area contributed by atoms with Gasteiger partial charge in [-0.3, -0.25) is 37.3 Å². The Labute approximate surface area is 530 Å². The molecule has 0 fully saturated rings. The van der Waals surface area contributed by atoms with Crippen molar-refractivity contribution in [2.75, 3.05) is 39.6 Å². The van der Waals surface area contributed by atoms with Crippen LogP contribution >= 0.6 is 15.6 Å². The number of carbonyl (C=O) groups is 4. The van der Waals surface area contributed by atoms with Gasteiger partial charge < -0.3 is 33.8 Å². The Balaban J connectivity index is 5.26. The molecule has 3 N–H and O–H groups in total. The van der Waals surface area contributed by atoms with Gasteiger partial charge >= 0.3 is 39.5 Å². The molecule has 0 bridgehead atoms. The van der Waals surface area contributed by atoms with Crippen LogP contribution in [0.1, 0.15) is 331 Å². The molecule has 0 amide bonds. The van der Waals surface area contributed by atoms with Crippen LogP contribution < -0.4 is 0 Å².